The van der Waals surface area contributed by atoms with Crippen molar-refractivity contribution in [3.05, 3.63) is 30.3 Å². The van der Waals surface area contributed by atoms with Crippen molar-refractivity contribution in [3.63, 3.8) is 0 Å². The number of rotatable bonds is 4. The largest absolute Gasteiger partial charge is 0.350 e. The lowest BCUT2D eigenvalue weighted by Gasteiger charge is -2.34. The van der Waals surface area contributed by atoms with Crippen LogP contribution in [0.1, 0.15) is 12.8 Å². The Morgan fingerprint density at radius 3 is 2.80 bits per heavy atom. The van der Waals surface area contributed by atoms with Crippen LogP contribution in [-0.4, -0.2) is 63.6 Å². The molecule has 1 aromatic carbocycles. The molecule has 0 aliphatic carbocycles. The molecule has 2 fully saturated rings. The van der Waals surface area contributed by atoms with Gasteiger partial charge in [0.05, 0.1) is 13.2 Å². The molecular formula is C17H21N5O3. The lowest BCUT2D eigenvalue weighted by molar-refractivity contribution is -0.140. The molecule has 0 bridgehead atoms. The monoisotopic (exact) mass is 343 g/mol. The smallest absolute Gasteiger partial charge is 0.246 e. The second kappa shape index (κ2) is 7.28. The van der Waals surface area contributed by atoms with Crippen LogP contribution >= 0.6 is 0 Å². The number of hydrogen-bond donors (Lipinski definition) is 0. The quantitative estimate of drug-likeness (QED) is 0.822. The molecule has 132 valence electrons. The molecule has 8 nitrogen and oxygen atoms in total. The van der Waals surface area contributed by atoms with E-state index >= 15 is 0 Å². The molecule has 0 radical (unpaired) electrons. The van der Waals surface area contributed by atoms with Gasteiger partial charge in [-0.2, -0.15) is 4.80 Å². The Morgan fingerprint density at radius 2 is 2.00 bits per heavy atom. The maximum atomic E-state index is 12.6. The third kappa shape index (κ3) is 3.69. The zero-order chi connectivity index (χ0) is 17.1. The first-order valence-corrected chi connectivity index (χ1v) is 8.64. The molecule has 2 aliphatic heterocycles. The molecule has 1 amide bonds. The van der Waals surface area contributed by atoms with Crippen molar-refractivity contribution in [1.82, 2.24) is 25.1 Å². The minimum absolute atomic E-state index is 0.000270. The molecule has 0 unspecified atom stereocenters. The third-order valence-electron chi connectivity index (χ3n) is 4.60. The highest BCUT2D eigenvalue weighted by Crippen LogP contribution is 2.25. The van der Waals surface area contributed by atoms with Gasteiger partial charge in [-0.05, 0) is 18.1 Å². The first-order chi connectivity index (χ1) is 12.3. The molecule has 4 rings (SSSR count). The van der Waals surface area contributed by atoms with Gasteiger partial charge in [-0.25, -0.2) is 0 Å². The van der Waals surface area contributed by atoms with E-state index in [1.807, 2.05) is 35.2 Å². The number of aromatic nitrogens is 4. The van der Waals surface area contributed by atoms with Crippen molar-refractivity contribution in [1.29, 1.82) is 0 Å². The number of likely N-dealkylation sites (tertiary alicyclic amines) is 1. The standard InChI is InChI=1S/C17H21N5O3/c23-15(21-8-4-7-14(11-21)17-24-9-10-25-17)12-22-19-16(18-20-22)13-5-2-1-3-6-13/h1-3,5-6,14,17H,4,7-12H2/t14-/m1/s1. The number of nitrogens with zero attached hydrogens (tertiary/aromatic N) is 5. The summed E-state index contributed by atoms with van der Waals surface area (Å²) in [5.41, 5.74) is 0.884. The van der Waals surface area contributed by atoms with Crippen molar-refractivity contribution >= 4 is 5.91 Å². The molecule has 0 saturated carbocycles. The zero-order valence-corrected chi connectivity index (χ0v) is 14.0. The Hall–Kier alpha value is -2.32. The first kappa shape index (κ1) is 16.2. The number of benzene rings is 1. The molecule has 0 spiro atoms. The molecule has 2 aliphatic rings. The predicted octanol–water partition coefficient (Wildman–Crippen LogP) is 0.952. The average molecular weight is 343 g/mol. The van der Waals surface area contributed by atoms with E-state index in [9.17, 15) is 4.79 Å². The Morgan fingerprint density at radius 1 is 1.20 bits per heavy atom. The lowest BCUT2D eigenvalue weighted by atomic mass is 9.97. The molecule has 2 saturated heterocycles. The van der Waals surface area contributed by atoms with Gasteiger partial charge in [-0.1, -0.05) is 30.3 Å². The second-order valence-electron chi connectivity index (χ2n) is 6.36. The van der Waals surface area contributed by atoms with Crippen LogP contribution in [-0.2, 0) is 20.8 Å². The number of amides is 1. The van der Waals surface area contributed by atoms with E-state index in [-0.39, 0.29) is 24.7 Å². The van der Waals surface area contributed by atoms with Crippen molar-refractivity contribution in [2.24, 2.45) is 5.92 Å². The third-order valence-corrected chi connectivity index (χ3v) is 4.60. The number of ether oxygens (including phenoxy) is 2. The van der Waals surface area contributed by atoms with Gasteiger partial charge in [0.15, 0.2) is 6.29 Å². The molecule has 25 heavy (non-hydrogen) atoms. The minimum atomic E-state index is -0.176. The van der Waals surface area contributed by atoms with Gasteiger partial charge in [0, 0.05) is 24.6 Å². The Kier molecular flexibility index (Phi) is 4.71. The topological polar surface area (TPSA) is 82.4 Å². The summed E-state index contributed by atoms with van der Waals surface area (Å²) in [5.74, 6) is 0.765. The minimum Gasteiger partial charge on any atom is -0.350 e. The fourth-order valence-corrected chi connectivity index (χ4v) is 3.34. The van der Waals surface area contributed by atoms with E-state index in [2.05, 4.69) is 15.4 Å². The first-order valence-electron chi connectivity index (χ1n) is 8.64. The van der Waals surface area contributed by atoms with Crippen molar-refractivity contribution in [3.8, 4) is 11.4 Å². The summed E-state index contributed by atoms with van der Waals surface area (Å²) in [6.45, 7) is 2.78. The number of carbonyl (C=O) groups excluding carboxylic acids is 1. The van der Waals surface area contributed by atoms with E-state index in [0.29, 0.717) is 25.6 Å². The Balaban J connectivity index is 1.37. The summed E-state index contributed by atoms with van der Waals surface area (Å²) >= 11 is 0. The molecule has 2 aromatic rings. The summed E-state index contributed by atoms with van der Waals surface area (Å²) < 4.78 is 11.2. The summed E-state index contributed by atoms with van der Waals surface area (Å²) in [7, 11) is 0. The van der Waals surface area contributed by atoms with Crippen molar-refractivity contribution in [2.75, 3.05) is 26.3 Å². The maximum absolute atomic E-state index is 12.6. The van der Waals surface area contributed by atoms with Gasteiger partial charge in [-0.15, -0.1) is 10.2 Å². The molecule has 1 aromatic heterocycles. The van der Waals surface area contributed by atoms with E-state index in [4.69, 9.17) is 9.47 Å². The van der Waals surface area contributed by atoms with Gasteiger partial charge in [0.25, 0.3) is 0 Å². The summed E-state index contributed by atoms with van der Waals surface area (Å²) in [6.07, 6.45) is 1.80. The van der Waals surface area contributed by atoms with Crippen LogP contribution in [0, 0.1) is 5.92 Å². The number of carbonyl (C=O) groups is 1. The van der Waals surface area contributed by atoms with Crippen LogP contribution < -0.4 is 0 Å². The summed E-state index contributed by atoms with van der Waals surface area (Å²) in [4.78, 5) is 15.8. The molecule has 0 N–H and O–H groups in total. The lowest BCUT2D eigenvalue weighted by Crippen LogP contribution is -2.45. The van der Waals surface area contributed by atoms with Crippen LogP contribution in [0.3, 0.4) is 0 Å². The number of piperidine rings is 1. The SMILES string of the molecule is O=C(Cn1nnc(-c2ccccc2)n1)N1CCC[C@@H](C2OCCO2)C1. The van der Waals surface area contributed by atoms with Crippen molar-refractivity contribution in [2.45, 2.75) is 25.7 Å². The number of tetrazole rings is 1. The Bertz CT molecular complexity index is 714. The fraction of sp³-hybridized carbons (Fsp3) is 0.529. The van der Waals surface area contributed by atoms with Crippen LogP contribution in [0.25, 0.3) is 11.4 Å². The normalized spacial score (nSPS) is 21.6. The predicted molar refractivity (Wildman–Crippen MR) is 88.2 cm³/mol. The van der Waals surface area contributed by atoms with Crippen LogP contribution in [0.15, 0.2) is 30.3 Å². The highest BCUT2D eigenvalue weighted by molar-refractivity contribution is 5.75. The van der Waals surface area contributed by atoms with E-state index in [1.165, 1.54) is 4.80 Å². The van der Waals surface area contributed by atoms with Gasteiger partial charge in [0.2, 0.25) is 11.7 Å². The number of hydrogen-bond acceptors (Lipinski definition) is 6. The molecular weight excluding hydrogens is 322 g/mol. The highest BCUT2D eigenvalue weighted by Gasteiger charge is 2.32. The van der Waals surface area contributed by atoms with Gasteiger partial charge in [0.1, 0.15) is 6.54 Å². The van der Waals surface area contributed by atoms with Crippen molar-refractivity contribution < 1.29 is 14.3 Å². The van der Waals surface area contributed by atoms with Gasteiger partial charge < -0.3 is 14.4 Å². The van der Waals surface area contributed by atoms with Gasteiger partial charge in [-0.3, -0.25) is 4.79 Å². The summed E-state index contributed by atoms with van der Waals surface area (Å²) in [6, 6.07) is 9.60. The fourth-order valence-electron chi connectivity index (χ4n) is 3.34. The average Bonchev–Trinajstić information content (AvgIpc) is 3.35. The summed E-state index contributed by atoms with van der Waals surface area (Å²) in [5, 5.41) is 12.3. The van der Waals surface area contributed by atoms with Crippen LogP contribution in [0.5, 0.6) is 0 Å². The van der Waals surface area contributed by atoms with E-state index in [1.54, 1.807) is 0 Å². The van der Waals surface area contributed by atoms with Crippen LogP contribution in [0.4, 0.5) is 0 Å². The zero-order valence-electron chi connectivity index (χ0n) is 14.0. The highest BCUT2D eigenvalue weighted by atomic mass is 16.7. The molecule has 3 heterocycles. The van der Waals surface area contributed by atoms with E-state index < -0.39 is 0 Å². The maximum Gasteiger partial charge on any atom is 0.246 e. The second-order valence-corrected chi connectivity index (χ2v) is 6.36. The molecule has 1 atom stereocenters. The Labute approximate surface area is 145 Å². The molecule has 8 heteroatoms. The van der Waals surface area contributed by atoms with E-state index in [0.717, 1.165) is 24.9 Å². The van der Waals surface area contributed by atoms with Crippen LogP contribution in [0.2, 0.25) is 0 Å². The van der Waals surface area contributed by atoms with Gasteiger partial charge >= 0.3 is 0 Å².